The highest BCUT2D eigenvalue weighted by Gasteiger charge is 2.21. The smallest absolute Gasteiger partial charge is 0.330 e. The molecule has 1 unspecified atom stereocenters. The second kappa shape index (κ2) is 5.11. The third-order valence-corrected chi connectivity index (χ3v) is 2.91. The van der Waals surface area contributed by atoms with E-state index in [0.717, 1.165) is 12.5 Å². The van der Waals surface area contributed by atoms with Crippen LogP contribution in [0, 0.1) is 0 Å². The molecular formula is C8H16O3Si. The maximum absolute atomic E-state index is 10.7. The molecule has 1 atom stereocenters. The van der Waals surface area contributed by atoms with Gasteiger partial charge in [0.25, 0.3) is 0 Å². The number of ether oxygens (including phenoxy) is 1. The number of carbonyl (C=O) groups excluding carboxylic acids is 1. The Morgan fingerprint density at radius 1 is 1.75 bits per heavy atom. The maximum atomic E-state index is 10.7. The molecular weight excluding hydrogens is 172 g/mol. The lowest BCUT2D eigenvalue weighted by Gasteiger charge is -2.26. The third-order valence-electron chi connectivity index (χ3n) is 1.93. The van der Waals surface area contributed by atoms with Gasteiger partial charge in [-0.05, 0) is 13.3 Å². The zero-order chi connectivity index (χ0) is 9.61. The van der Waals surface area contributed by atoms with E-state index in [9.17, 15) is 4.79 Å². The molecule has 0 aromatic rings. The fourth-order valence-electron chi connectivity index (χ4n) is 0.588. The normalized spacial score (nSPS) is 15.2. The molecule has 0 rings (SSSR count). The molecule has 0 aromatic heterocycles. The van der Waals surface area contributed by atoms with Crippen LogP contribution >= 0.6 is 0 Å². The highest BCUT2D eigenvalue weighted by atomic mass is 28.2. The van der Waals surface area contributed by atoms with Gasteiger partial charge in [-0.1, -0.05) is 13.5 Å². The minimum absolute atomic E-state index is 0.303. The Bertz CT molecular complexity index is 164. The lowest BCUT2D eigenvalue weighted by Crippen LogP contribution is -2.33. The molecule has 0 spiro atoms. The van der Waals surface area contributed by atoms with Crippen LogP contribution in [0.25, 0.3) is 0 Å². The number of hydrogen-bond donors (Lipinski definition) is 0. The van der Waals surface area contributed by atoms with Crippen LogP contribution < -0.4 is 0 Å². The zero-order valence-electron chi connectivity index (χ0n) is 7.92. The Balaban J connectivity index is 3.88. The molecule has 0 aliphatic heterocycles. The minimum Gasteiger partial charge on any atom is -0.460 e. The van der Waals surface area contributed by atoms with Crippen molar-refractivity contribution in [3.05, 3.63) is 12.7 Å². The number of carbonyl (C=O) groups is 1. The standard InChI is InChI=1S/C8H16O3Si/c1-4-7(9)10-6-8(3,5-2)11-12/h4H,1,5-6H2,2-3,12H3. The molecule has 0 aliphatic rings. The Hall–Kier alpha value is -0.613. The lowest BCUT2D eigenvalue weighted by atomic mass is 10.1. The summed E-state index contributed by atoms with van der Waals surface area (Å²) < 4.78 is 10.2. The summed E-state index contributed by atoms with van der Waals surface area (Å²) in [6.07, 6.45) is 1.99. The van der Waals surface area contributed by atoms with Crippen molar-refractivity contribution in [3.63, 3.8) is 0 Å². The Morgan fingerprint density at radius 3 is 2.67 bits per heavy atom. The van der Waals surface area contributed by atoms with Gasteiger partial charge in [-0.3, -0.25) is 0 Å². The summed E-state index contributed by atoms with van der Waals surface area (Å²) in [7, 11) is 0.651. The van der Waals surface area contributed by atoms with Gasteiger partial charge in [0.15, 0.2) is 0 Å². The summed E-state index contributed by atoms with van der Waals surface area (Å²) in [6, 6.07) is 0. The summed E-state index contributed by atoms with van der Waals surface area (Å²) in [5.41, 5.74) is -0.315. The van der Waals surface area contributed by atoms with E-state index in [1.54, 1.807) is 0 Å². The van der Waals surface area contributed by atoms with Gasteiger partial charge in [-0.2, -0.15) is 0 Å². The van der Waals surface area contributed by atoms with Gasteiger partial charge in [0.1, 0.15) is 17.1 Å². The van der Waals surface area contributed by atoms with Crippen LogP contribution in [0.3, 0.4) is 0 Å². The molecule has 12 heavy (non-hydrogen) atoms. The maximum Gasteiger partial charge on any atom is 0.330 e. The summed E-state index contributed by atoms with van der Waals surface area (Å²) in [5, 5.41) is 0. The van der Waals surface area contributed by atoms with E-state index in [0.29, 0.717) is 17.1 Å². The van der Waals surface area contributed by atoms with Crippen LogP contribution in [-0.2, 0) is 14.0 Å². The van der Waals surface area contributed by atoms with Gasteiger partial charge < -0.3 is 9.16 Å². The highest BCUT2D eigenvalue weighted by molar-refractivity contribution is 5.98. The van der Waals surface area contributed by atoms with E-state index in [2.05, 4.69) is 6.58 Å². The van der Waals surface area contributed by atoms with Gasteiger partial charge in [0, 0.05) is 6.08 Å². The first-order chi connectivity index (χ1) is 5.58. The molecule has 0 N–H and O–H groups in total. The molecule has 0 amide bonds. The van der Waals surface area contributed by atoms with Crippen LogP contribution in [0.2, 0.25) is 0 Å². The first-order valence-corrected chi connectivity index (χ1v) is 4.74. The molecule has 0 heterocycles. The Labute approximate surface area is 76.3 Å². The van der Waals surface area contributed by atoms with Crippen molar-refractivity contribution in [1.82, 2.24) is 0 Å². The average molecular weight is 188 g/mol. The Morgan fingerprint density at radius 2 is 2.33 bits per heavy atom. The van der Waals surface area contributed by atoms with E-state index in [1.165, 1.54) is 0 Å². The van der Waals surface area contributed by atoms with E-state index < -0.39 is 5.97 Å². The van der Waals surface area contributed by atoms with Crippen molar-refractivity contribution in [3.8, 4) is 0 Å². The minimum atomic E-state index is -0.395. The topological polar surface area (TPSA) is 35.5 Å². The first kappa shape index (κ1) is 11.4. The number of esters is 1. The van der Waals surface area contributed by atoms with Gasteiger partial charge in [-0.15, -0.1) is 0 Å². The zero-order valence-corrected chi connectivity index (χ0v) is 9.92. The van der Waals surface area contributed by atoms with Crippen LogP contribution in [0.15, 0.2) is 12.7 Å². The molecule has 0 saturated heterocycles. The largest absolute Gasteiger partial charge is 0.460 e. The third kappa shape index (κ3) is 3.68. The molecule has 0 aromatic carbocycles. The molecule has 0 aliphatic carbocycles. The monoisotopic (exact) mass is 188 g/mol. The van der Waals surface area contributed by atoms with E-state index in [4.69, 9.17) is 9.16 Å². The predicted molar refractivity (Wildman–Crippen MR) is 50.9 cm³/mol. The molecule has 0 radical (unpaired) electrons. The first-order valence-electron chi connectivity index (χ1n) is 3.92. The second-order valence-corrected chi connectivity index (χ2v) is 3.23. The number of rotatable bonds is 5. The van der Waals surface area contributed by atoms with Crippen LogP contribution in [-0.4, -0.2) is 28.7 Å². The van der Waals surface area contributed by atoms with Crippen molar-refractivity contribution in [2.75, 3.05) is 6.61 Å². The predicted octanol–water partition coefficient (Wildman–Crippen LogP) is 0.181. The summed E-state index contributed by atoms with van der Waals surface area (Å²) in [5.74, 6) is -0.395. The molecule has 3 nitrogen and oxygen atoms in total. The van der Waals surface area contributed by atoms with Crippen molar-refractivity contribution in [2.45, 2.75) is 25.9 Å². The van der Waals surface area contributed by atoms with Crippen molar-refractivity contribution < 1.29 is 14.0 Å². The van der Waals surface area contributed by atoms with Gasteiger partial charge in [0.05, 0.1) is 5.60 Å². The van der Waals surface area contributed by atoms with E-state index >= 15 is 0 Å². The van der Waals surface area contributed by atoms with Gasteiger partial charge >= 0.3 is 5.97 Å². The lowest BCUT2D eigenvalue weighted by molar-refractivity contribution is -0.143. The van der Waals surface area contributed by atoms with Crippen LogP contribution in [0.5, 0.6) is 0 Å². The summed E-state index contributed by atoms with van der Waals surface area (Å²) in [6.45, 7) is 7.54. The van der Waals surface area contributed by atoms with Crippen LogP contribution in [0.1, 0.15) is 20.3 Å². The van der Waals surface area contributed by atoms with Crippen LogP contribution in [0.4, 0.5) is 0 Å². The van der Waals surface area contributed by atoms with Crippen molar-refractivity contribution >= 4 is 16.5 Å². The van der Waals surface area contributed by atoms with E-state index in [1.807, 2.05) is 13.8 Å². The molecule has 4 heteroatoms. The Kier molecular flexibility index (Phi) is 4.85. The van der Waals surface area contributed by atoms with Crippen molar-refractivity contribution in [1.29, 1.82) is 0 Å². The van der Waals surface area contributed by atoms with E-state index in [-0.39, 0.29) is 5.60 Å². The van der Waals surface area contributed by atoms with Crippen molar-refractivity contribution in [2.24, 2.45) is 0 Å². The molecule has 0 bridgehead atoms. The fraction of sp³-hybridized carbons (Fsp3) is 0.625. The fourth-order valence-corrected chi connectivity index (χ4v) is 0.995. The number of hydrogen-bond acceptors (Lipinski definition) is 3. The summed E-state index contributed by atoms with van der Waals surface area (Å²) in [4.78, 5) is 10.7. The SMILES string of the molecule is C=CC(=O)OCC(C)(CC)O[SiH3]. The van der Waals surface area contributed by atoms with Gasteiger partial charge in [-0.25, -0.2) is 4.79 Å². The van der Waals surface area contributed by atoms with Gasteiger partial charge in [0.2, 0.25) is 0 Å². The molecule has 70 valence electrons. The highest BCUT2D eigenvalue weighted by Crippen LogP contribution is 2.13. The second-order valence-electron chi connectivity index (χ2n) is 2.82. The molecule has 0 saturated carbocycles. The molecule has 0 fully saturated rings. The quantitative estimate of drug-likeness (QED) is 0.351. The average Bonchev–Trinajstić information content (AvgIpc) is 2.13. The summed E-state index contributed by atoms with van der Waals surface area (Å²) >= 11 is 0.